The van der Waals surface area contributed by atoms with Crippen molar-refractivity contribution in [3.63, 3.8) is 0 Å². The average molecular weight is 361 g/mol. The molecular formula is C23H23NO3. The molecule has 0 aliphatic rings. The van der Waals surface area contributed by atoms with Crippen LogP contribution in [0, 0.1) is 0 Å². The van der Waals surface area contributed by atoms with E-state index in [4.69, 9.17) is 9.47 Å². The smallest absolute Gasteiger partial charge is 0.170 e. The van der Waals surface area contributed by atoms with Gasteiger partial charge in [0.2, 0.25) is 0 Å². The lowest BCUT2D eigenvalue weighted by atomic mass is 10.1. The number of rotatable bonds is 8. The summed E-state index contributed by atoms with van der Waals surface area (Å²) in [7, 11) is 1.64. The molecule has 27 heavy (non-hydrogen) atoms. The molecule has 0 aromatic heterocycles. The van der Waals surface area contributed by atoms with Gasteiger partial charge < -0.3 is 14.6 Å². The zero-order chi connectivity index (χ0) is 18.9. The van der Waals surface area contributed by atoms with Gasteiger partial charge in [-0.15, -0.1) is 0 Å². The molecule has 0 radical (unpaired) electrons. The molecule has 138 valence electrons. The lowest BCUT2D eigenvalue weighted by Crippen LogP contribution is -2.01. The summed E-state index contributed by atoms with van der Waals surface area (Å²) in [5.41, 5.74) is 3.12. The molecule has 0 fully saturated rings. The second kappa shape index (κ2) is 9.43. The molecule has 0 saturated carbocycles. The zero-order valence-electron chi connectivity index (χ0n) is 15.3. The van der Waals surface area contributed by atoms with Crippen molar-refractivity contribution in [3.05, 3.63) is 89.5 Å². The van der Waals surface area contributed by atoms with E-state index in [1.165, 1.54) is 0 Å². The van der Waals surface area contributed by atoms with E-state index < -0.39 is 0 Å². The Morgan fingerprint density at radius 3 is 2.41 bits per heavy atom. The second-order valence-corrected chi connectivity index (χ2v) is 6.10. The van der Waals surface area contributed by atoms with Crippen LogP contribution in [0.2, 0.25) is 0 Å². The van der Waals surface area contributed by atoms with Gasteiger partial charge in [0, 0.05) is 18.3 Å². The summed E-state index contributed by atoms with van der Waals surface area (Å²) in [4.78, 5) is 4.53. The summed E-state index contributed by atoms with van der Waals surface area (Å²) in [6, 6.07) is 23.0. The van der Waals surface area contributed by atoms with Gasteiger partial charge in [0.05, 0.1) is 7.11 Å². The highest BCUT2D eigenvalue weighted by atomic mass is 16.5. The third-order valence-corrected chi connectivity index (χ3v) is 4.15. The normalized spacial score (nSPS) is 10.9. The topological polar surface area (TPSA) is 51.0 Å². The zero-order valence-corrected chi connectivity index (χ0v) is 15.3. The Hall–Kier alpha value is -3.27. The molecule has 0 unspecified atom stereocenters. The van der Waals surface area contributed by atoms with E-state index in [0.29, 0.717) is 24.7 Å². The highest BCUT2D eigenvalue weighted by molar-refractivity contribution is 5.85. The molecule has 0 aliphatic heterocycles. The molecule has 0 amide bonds. The summed E-state index contributed by atoms with van der Waals surface area (Å²) in [5, 5.41) is 9.33. The van der Waals surface area contributed by atoms with Crippen LogP contribution in [0.25, 0.3) is 0 Å². The van der Waals surface area contributed by atoms with Gasteiger partial charge in [0.25, 0.3) is 0 Å². The quantitative estimate of drug-likeness (QED) is 0.595. The standard InChI is InChI=1S/C23H23NO3/c1-26-22-9-5-8-20(23(22)27-17-19-6-3-2-4-7-19)16-24-15-14-18-10-12-21(25)13-11-18/h2-13,16,25H,14-15,17H2,1H3. The minimum absolute atomic E-state index is 0.277. The molecular weight excluding hydrogens is 338 g/mol. The molecule has 0 spiro atoms. The number of para-hydroxylation sites is 1. The van der Waals surface area contributed by atoms with Crippen molar-refractivity contribution in [2.24, 2.45) is 4.99 Å². The van der Waals surface area contributed by atoms with Crippen molar-refractivity contribution in [1.29, 1.82) is 0 Å². The maximum atomic E-state index is 9.33. The molecule has 3 aromatic rings. The van der Waals surface area contributed by atoms with Crippen LogP contribution >= 0.6 is 0 Å². The van der Waals surface area contributed by atoms with Crippen molar-refractivity contribution >= 4 is 6.21 Å². The van der Waals surface area contributed by atoms with Crippen molar-refractivity contribution in [3.8, 4) is 17.2 Å². The van der Waals surface area contributed by atoms with Crippen LogP contribution in [-0.4, -0.2) is 25.0 Å². The predicted octanol–water partition coefficient (Wildman–Crippen LogP) is 4.64. The van der Waals surface area contributed by atoms with E-state index in [9.17, 15) is 5.11 Å². The maximum Gasteiger partial charge on any atom is 0.170 e. The van der Waals surface area contributed by atoms with Gasteiger partial charge >= 0.3 is 0 Å². The van der Waals surface area contributed by atoms with Crippen LogP contribution < -0.4 is 9.47 Å². The number of benzene rings is 3. The van der Waals surface area contributed by atoms with Crippen LogP contribution in [0.15, 0.2) is 77.8 Å². The number of aliphatic imine (C=N–C) groups is 1. The molecule has 3 rings (SSSR count). The first-order valence-electron chi connectivity index (χ1n) is 8.88. The van der Waals surface area contributed by atoms with E-state index >= 15 is 0 Å². The van der Waals surface area contributed by atoms with Crippen LogP contribution in [0.3, 0.4) is 0 Å². The largest absolute Gasteiger partial charge is 0.508 e. The van der Waals surface area contributed by atoms with Crippen molar-refractivity contribution < 1.29 is 14.6 Å². The Morgan fingerprint density at radius 1 is 0.889 bits per heavy atom. The highest BCUT2D eigenvalue weighted by Gasteiger charge is 2.09. The molecule has 1 N–H and O–H groups in total. The summed E-state index contributed by atoms with van der Waals surface area (Å²) < 4.78 is 11.5. The second-order valence-electron chi connectivity index (χ2n) is 6.10. The number of phenols is 1. The molecule has 4 nitrogen and oxygen atoms in total. The number of methoxy groups -OCH3 is 1. The molecule has 0 aliphatic carbocycles. The number of nitrogens with zero attached hydrogens (tertiary/aromatic N) is 1. The Balaban J connectivity index is 1.67. The molecule has 3 aromatic carbocycles. The Morgan fingerprint density at radius 2 is 1.67 bits per heavy atom. The lowest BCUT2D eigenvalue weighted by molar-refractivity contribution is 0.284. The van der Waals surface area contributed by atoms with E-state index in [1.54, 1.807) is 19.2 Å². The van der Waals surface area contributed by atoms with Crippen LogP contribution in [0.4, 0.5) is 0 Å². The number of aromatic hydroxyl groups is 1. The summed E-state index contributed by atoms with van der Waals surface area (Å²) in [5.74, 6) is 1.66. The van der Waals surface area contributed by atoms with E-state index in [-0.39, 0.29) is 5.75 Å². The van der Waals surface area contributed by atoms with Gasteiger partial charge in [-0.2, -0.15) is 0 Å². The maximum absolute atomic E-state index is 9.33. The van der Waals surface area contributed by atoms with Crippen molar-refractivity contribution in [2.75, 3.05) is 13.7 Å². The molecule has 0 bridgehead atoms. The summed E-state index contributed by atoms with van der Waals surface area (Å²) in [6.45, 7) is 1.12. The third-order valence-electron chi connectivity index (χ3n) is 4.15. The van der Waals surface area contributed by atoms with Crippen LogP contribution in [0.5, 0.6) is 17.2 Å². The fourth-order valence-electron chi connectivity index (χ4n) is 2.70. The van der Waals surface area contributed by atoms with Gasteiger partial charge in [-0.05, 0) is 41.8 Å². The van der Waals surface area contributed by atoms with Gasteiger partial charge in [-0.3, -0.25) is 4.99 Å². The van der Waals surface area contributed by atoms with Gasteiger partial charge in [-0.25, -0.2) is 0 Å². The van der Waals surface area contributed by atoms with Gasteiger partial charge in [0.1, 0.15) is 12.4 Å². The Kier molecular flexibility index (Phi) is 6.47. The first-order chi connectivity index (χ1) is 13.3. The number of ether oxygens (including phenoxy) is 2. The number of phenolic OH excluding ortho intramolecular Hbond substituents is 1. The van der Waals surface area contributed by atoms with Crippen molar-refractivity contribution in [1.82, 2.24) is 0 Å². The average Bonchev–Trinajstić information content (AvgIpc) is 2.72. The fraction of sp³-hybridized carbons (Fsp3) is 0.174. The predicted molar refractivity (Wildman–Crippen MR) is 108 cm³/mol. The molecule has 0 saturated heterocycles. The Bertz CT molecular complexity index is 874. The third kappa shape index (κ3) is 5.35. The monoisotopic (exact) mass is 361 g/mol. The number of hydrogen-bond acceptors (Lipinski definition) is 4. The fourth-order valence-corrected chi connectivity index (χ4v) is 2.70. The summed E-state index contributed by atoms with van der Waals surface area (Å²) >= 11 is 0. The molecule has 0 heterocycles. The van der Waals surface area contributed by atoms with Gasteiger partial charge in [0.15, 0.2) is 11.5 Å². The van der Waals surface area contributed by atoms with Crippen molar-refractivity contribution in [2.45, 2.75) is 13.0 Å². The van der Waals surface area contributed by atoms with Crippen LogP contribution in [0.1, 0.15) is 16.7 Å². The van der Waals surface area contributed by atoms with E-state index in [0.717, 1.165) is 23.1 Å². The molecule has 4 heteroatoms. The SMILES string of the molecule is COc1cccc(C=NCCc2ccc(O)cc2)c1OCc1ccccc1. The first-order valence-corrected chi connectivity index (χ1v) is 8.88. The van der Waals surface area contributed by atoms with Gasteiger partial charge in [-0.1, -0.05) is 48.5 Å². The minimum Gasteiger partial charge on any atom is -0.508 e. The lowest BCUT2D eigenvalue weighted by Gasteiger charge is -2.13. The summed E-state index contributed by atoms with van der Waals surface area (Å²) in [6.07, 6.45) is 2.63. The first kappa shape index (κ1) is 18.5. The van der Waals surface area contributed by atoms with E-state index in [2.05, 4.69) is 4.99 Å². The number of hydrogen-bond donors (Lipinski definition) is 1. The Labute approximate surface area is 159 Å². The minimum atomic E-state index is 0.277. The highest BCUT2D eigenvalue weighted by Crippen LogP contribution is 2.30. The van der Waals surface area contributed by atoms with E-state index in [1.807, 2.05) is 66.9 Å². The molecule has 0 atom stereocenters. The van der Waals surface area contributed by atoms with Crippen LogP contribution in [-0.2, 0) is 13.0 Å².